The quantitative estimate of drug-likeness (QED) is 0.663. The number of carbonyl (C=O) groups is 1. The molecule has 2 nitrogen and oxygen atoms in total. The van der Waals surface area contributed by atoms with Gasteiger partial charge in [0, 0.05) is 6.42 Å². The van der Waals surface area contributed by atoms with Gasteiger partial charge in [0.1, 0.15) is 5.76 Å². The smallest absolute Gasteiger partial charge is 0.314 e. The van der Waals surface area contributed by atoms with E-state index in [2.05, 4.69) is 29.1 Å². The van der Waals surface area contributed by atoms with Gasteiger partial charge in [-0.05, 0) is 10.9 Å². The highest BCUT2D eigenvalue weighted by Gasteiger charge is 2.29. The van der Waals surface area contributed by atoms with Crippen molar-refractivity contribution >= 4 is 21.9 Å². The van der Waals surface area contributed by atoms with E-state index < -0.39 is 0 Å². The molecule has 0 radical (unpaired) electrons. The lowest BCUT2D eigenvalue weighted by atomic mass is 10.0. The molecule has 0 aromatic rings. The summed E-state index contributed by atoms with van der Waals surface area (Å²) in [6.07, 6.45) is 1.27. The van der Waals surface area contributed by atoms with Gasteiger partial charge in [-0.25, -0.2) is 0 Å². The minimum Gasteiger partial charge on any atom is -0.431 e. The summed E-state index contributed by atoms with van der Waals surface area (Å²) in [7, 11) is 0. The summed E-state index contributed by atoms with van der Waals surface area (Å²) >= 11 is 3.20. The van der Waals surface area contributed by atoms with E-state index in [0.717, 1.165) is 4.48 Å². The average molecular weight is 217 g/mol. The van der Waals surface area contributed by atoms with Gasteiger partial charge >= 0.3 is 5.97 Å². The van der Waals surface area contributed by atoms with Crippen LogP contribution in [-0.2, 0) is 9.53 Å². The molecule has 0 bridgehead atoms. The minimum absolute atomic E-state index is 0.0747. The van der Waals surface area contributed by atoms with E-state index in [1.165, 1.54) is 0 Å². The van der Waals surface area contributed by atoms with Crippen LogP contribution in [0.1, 0.15) is 12.8 Å². The third-order valence-corrected chi connectivity index (χ3v) is 1.84. The molecule has 1 heterocycles. The predicted molar refractivity (Wildman–Crippen MR) is 46.0 cm³/mol. The van der Waals surface area contributed by atoms with Crippen LogP contribution in [0.5, 0.6) is 0 Å². The largest absolute Gasteiger partial charge is 0.431 e. The molecule has 0 aromatic heterocycles. The third-order valence-electron chi connectivity index (χ3n) is 1.52. The number of allylic oxidation sites excluding steroid dienone is 2. The normalized spacial score (nSPS) is 23.5. The van der Waals surface area contributed by atoms with Crippen molar-refractivity contribution in [1.82, 2.24) is 0 Å². The van der Waals surface area contributed by atoms with Gasteiger partial charge in [0.05, 0.1) is 5.92 Å². The summed E-state index contributed by atoms with van der Waals surface area (Å²) in [5.41, 5.74) is 0. The van der Waals surface area contributed by atoms with Crippen LogP contribution in [-0.4, -0.2) is 5.97 Å². The SMILES string of the molecule is C=C(Br)CC1CC(=C)OC1=O. The molecule has 0 N–H and O–H groups in total. The number of cyclic esters (lactones) is 1. The van der Waals surface area contributed by atoms with Crippen LogP contribution in [0.25, 0.3) is 0 Å². The maximum atomic E-state index is 11.0. The van der Waals surface area contributed by atoms with Crippen molar-refractivity contribution in [2.24, 2.45) is 5.92 Å². The molecular weight excluding hydrogens is 208 g/mol. The zero-order chi connectivity index (χ0) is 8.43. The Labute approximate surface area is 74.1 Å². The lowest BCUT2D eigenvalue weighted by Crippen LogP contribution is -2.06. The topological polar surface area (TPSA) is 26.3 Å². The van der Waals surface area contributed by atoms with Crippen LogP contribution in [0.2, 0.25) is 0 Å². The van der Waals surface area contributed by atoms with Gasteiger partial charge in [-0.1, -0.05) is 29.1 Å². The first-order chi connectivity index (χ1) is 5.09. The number of hydrogen-bond acceptors (Lipinski definition) is 2. The molecule has 1 aliphatic heterocycles. The Hall–Kier alpha value is -0.570. The molecule has 1 fully saturated rings. The second-order valence-electron chi connectivity index (χ2n) is 2.58. The third kappa shape index (κ3) is 2.19. The van der Waals surface area contributed by atoms with Gasteiger partial charge in [-0.3, -0.25) is 4.79 Å². The molecule has 3 heteroatoms. The predicted octanol–water partition coefficient (Wildman–Crippen LogP) is 2.36. The van der Waals surface area contributed by atoms with Crippen molar-refractivity contribution in [3.05, 3.63) is 23.4 Å². The summed E-state index contributed by atoms with van der Waals surface area (Å²) in [6, 6.07) is 0. The summed E-state index contributed by atoms with van der Waals surface area (Å²) in [4.78, 5) is 11.0. The number of hydrogen-bond donors (Lipinski definition) is 0. The molecule has 0 spiro atoms. The standard InChI is InChI=1S/C8H9BrO2/c1-5(9)3-7-4-6(2)11-8(7)10/h7H,1-4H2. The molecule has 60 valence electrons. The van der Waals surface area contributed by atoms with E-state index in [1.807, 2.05) is 0 Å². The van der Waals surface area contributed by atoms with E-state index in [4.69, 9.17) is 4.74 Å². The van der Waals surface area contributed by atoms with Crippen molar-refractivity contribution in [3.8, 4) is 0 Å². The second kappa shape index (κ2) is 3.22. The molecule has 1 atom stereocenters. The summed E-state index contributed by atoms with van der Waals surface area (Å²) < 4.78 is 5.61. The van der Waals surface area contributed by atoms with Crippen LogP contribution in [0.3, 0.4) is 0 Å². The molecule has 0 saturated carbocycles. The highest BCUT2D eigenvalue weighted by Crippen LogP contribution is 2.29. The number of esters is 1. The lowest BCUT2D eigenvalue weighted by Gasteiger charge is -2.00. The Balaban J connectivity index is 2.53. The van der Waals surface area contributed by atoms with Crippen molar-refractivity contribution in [1.29, 1.82) is 0 Å². The molecule has 1 unspecified atom stereocenters. The van der Waals surface area contributed by atoms with E-state index in [9.17, 15) is 4.79 Å². The highest BCUT2D eigenvalue weighted by molar-refractivity contribution is 9.11. The van der Waals surface area contributed by atoms with Crippen molar-refractivity contribution in [2.45, 2.75) is 12.8 Å². The second-order valence-corrected chi connectivity index (χ2v) is 3.70. The molecule has 0 aliphatic carbocycles. The van der Waals surface area contributed by atoms with Gasteiger partial charge in [0.25, 0.3) is 0 Å². The Kier molecular flexibility index (Phi) is 2.49. The average Bonchev–Trinajstić information content (AvgIpc) is 2.09. The number of ether oxygens (including phenoxy) is 1. The maximum absolute atomic E-state index is 11.0. The molecule has 1 rings (SSSR count). The van der Waals surface area contributed by atoms with Crippen LogP contribution in [0.15, 0.2) is 23.4 Å². The van der Waals surface area contributed by atoms with Gasteiger partial charge in [0.15, 0.2) is 0 Å². The van der Waals surface area contributed by atoms with Gasteiger partial charge in [0.2, 0.25) is 0 Å². The summed E-state index contributed by atoms with van der Waals surface area (Å²) in [6.45, 7) is 7.23. The zero-order valence-corrected chi connectivity index (χ0v) is 7.69. The lowest BCUT2D eigenvalue weighted by molar-refractivity contribution is -0.138. The van der Waals surface area contributed by atoms with E-state index in [1.54, 1.807) is 0 Å². The molecular formula is C8H9BrO2. The molecule has 1 saturated heterocycles. The first kappa shape index (κ1) is 8.53. The van der Waals surface area contributed by atoms with Gasteiger partial charge < -0.3 is 4.74 Å². The van der Waals surface area contributed by atoms with Crippen LogP contribution in [0.4, 0.5) is 0 Å². The van der Waals surface area contributed by atoms with Gasteiger partial charge in [-0.2, -0.15) is 0 Å². The van der Waals surface area contributed by atoms with Crippen molar-refractivity contribution in [2.75, 3.05) is 0 Å². The zero-order valence-electron chi connectivity index (χ0n) is 6.10. The first-order valence-electron chi connectivity index (χ1n) is 3.32. The van der Waals surface area contributed by atoms with Crippen LogP contribution in [0, 0.1) is 5.92 Å². The Morgan fingerprint density at radius 3 is 2.82 bits per heavy atom. The number of halogens is 1. The fraction of sp³-hybridized carbons (Fsp3) is 0.375. The first-order valence-corrected chi connectivity index (χ1v) is 4.11. The van der Waals surface area contributed by atoms with Crippen LogP contribution >= 0.6 is 15.9 Å². The van der Waals surface area contributed by atoms with E-state index in [-0.39, 0.29) is 11.9 Å². The van der Waals surface area contributed by atoms with Gasteiger partial charge in [-0.15, -0.1) is 0 Å². The molecule has 0 amide bonds. The molecule has 0 aromatic carbocycles. The number of rotatable bonds is 2. The van der Waals surface area contributed by atoms with Crippen LogP contribution < -0.4 is 0 Å². The maximum Gasteiger partial charge on any atom is 0.314 e. The summed E-state index contributed by atoms with van der Waals surface area (Å²) in [5.74, 6) is 0.304. The Morgan fingerprint density at radius 2 is 2.45 bits per heavy atom. The van der Waals surface area contributed by atoms with E-state index in [0.29, 0.717) is 18.6 Å². The van der Waals surface area contributed by atoms with Crippen molar-refractivity contribution < 1.29 is 9.53 Å². The minimum atomic E-state index is -0.185. The fourth-order valence-corrected chi connectivity index (χ4v) is 1.44. The monoisotopic (exact) mass is 216 g/mol. The Bertz CT molecular complexity index is 220. The van der Waals surface area contributed by atoms with Crippen molar-refractivity contribution in [3.63, 3.8) is 0 Å². The molecule has 11 heavy (non-hydrogen) atoms. The highest BCUT2D eigenvalue weighted by atomic mass is 79.9. The molecule has 1 aliphatic rings. The number of carbonyl (C=O) groups excluding carboxylic acids is 1. The summed E-state index contributed by atoms with van der Waals surface area (Å²) in [5, 5.41) is 0. The fourth-order valence-electron chi connectivity index (χ4n) is 1.05. The van der Waals surface area contributed by atoms with E-state index >= 15 is 0 Å². The Morgan fingerprint density at radius 1 is 1.82 bits per heavy atom.